The first kappa shape index (κ1) is 23.9. The molecule has 2 aromatic carbocycles. The second kappa shape index (κ2) is 9.40. The lowest BCUT2D eigenvalue weighted by molar-refractivity contribution is -0.123. The van der Waals surface area contributed by atoms with Gasteiger partial charge in [0.05, 0.1) is 26.2 Å². The summed E-state index contributed by atoms with van der Waals surface area (Å²) >= 11 is 0. The Bertz CT molecular complexity index is 1080. The normalized spacial score (nSPS) is 15.3. The van der Waals surface area contributed by atoms with Crippen LogP contribution in [0.4, 0.5) is 0 Å². The van der Waals surface area contributed by atoms with Gasteiger partial charge >= 0.3 is 0 Å². The third-order valence-electron chi connectivity index (χ3n) is 6.15. The van der Waals surface area contributed by atoms with Crippen LogP contribution in [0.3, 0.4) is 0 Å². The zero-order valence-electron chi connectivity index (χ0n) is 19.3. The predicted octanol–water partition coefficient (Wildman–Crippen LogP) is 3.73. The molecule has 32 heavy (non-hydrogen) atoms. The molecule has 1 N–H and O–H groups in total. The van der Waals surface area contributed by atoms with E-state index >= 15 is 0 Å². The zero-order chi connectivity index (χ0) is 23.5. The van der Waals surface area contributed by atoms with Gasteiger partial charge in [-0.25, -0.2) is 8.42 Å². The number of hydrogen-bond donors (Lipinski definition) is 1. The fourth-order valence-corrected chi connectivity index (χ4v) is 6.75. The van der Waals surface area contributed by atoms with E-state index in [4.69, 9.17) is 14.2 Å². The highest BCUT2D eigenvalue weighted by molar-refractivity contribution is 7.93. The maximum atomic E-state index is 13.7. The van der Waals surface area contributed by atoms with E-state index in [1.54, 1.807) is 31.2 Å². The van der Waals surface area contributed by atoms with Gasteiger partial charge in [0.15, 0.2) is 26.1 Å². The van der Waals surface area contributed by atoms with E-state index in [0.717, 1.165) is 5.56 Å². The van der Waals surface area contributed by atoms with Gasteiger partial charge < -0.3 is 19.5 Å². The van der Waals surface area contributed by atoms with Crippen LogP contribution in [0, 0.1) is 13.8 Å². The van der Waals surface area contributed by atoms with E-state index in [0.29, 0.717) is 54.1 Å². The molecule has 2 aromatic rings. The molecule has 0 aromatic heterocycles. The van der Waals surface area contributed by atoms with Crippen molar-refractivity contribution in [2.75, 3.05) is 21.3 Å². The number of aryl methyl sites for hydroxylation is 2. The van der Waals surface area contributed by atoms with Gasteiger partial charge in [-0.3, -0.25) is 4.79 Å². The minimum atomic E-state index is -3.87. The Labute approximate surface area is 190 Å². The molecular weight excluding hydrogens is 430 g/mol. The van der Waals surface area contributed by atoms with Crippen LogP contribution in [0.25, 0.3) is 0 Å². The molecule has 8 heteroatoms. The summed E-state index contributed by atoms with van der Waals surface area (Å²) in [6.45, 7) is 3.76. The van der Waals surface area contributed by atoms with E-state index in [9.17, 15) is 13.2 Å². The number of carbonyl (C=O) groups is 1. The molecule has 0 saturated heterocycles. The fourth-order valence-electron chi connectivity index (χ4n) is 4.35. The van der Waals surface area contributed by atoms with Gasteiger partial charge in [-0.2, -0.15) is 0 Å². The molecule has 7 nitrogen and oxygen atoms in total. The summed E-state index contributed by atoms with van der Waals surface area (Å²) in [6, 6.07) is 8.81. The Morgan fingerprint density at radius 3 is 2.09 bits per heavy atom. The Morgan fingerprint density at radius 2 is 1.56 bits per heavy atom. The first-order valence-corrected chi connectivity index (χ1v) is 12.1. The first-order valence-electron chi connectivity index (χ1n) is 10.6. The number of carbonyl (C=O) groups excluding carboxylic acids is 1. The van der Waals surface area contributed by atoms with Crippen molar-refractivity contribution in [3.8, 4) is 17.2 Å². The van der Waals surface area contributed by atoms with Gasteiger partial charge in [-0.05, 0) is 61.6 Å². The van der Waals surface area contributed by atoms with Crippen LogP contribution in [0.5, 0.6) is 17.2 Å². The highest BCUT2D eigenvalue weighted by Crippen LogP contribution is 2.42. The van der Waals surface area contributed by atoms with Crippen LogP contribution in [-0.2, 0) is 21.2 Å². The standard InChI is InChI=1S/C24H31NO6S/c1-16-8-9-17(2)21(12-16)32(27,28)24(10-6-7-11-24)23(26)25-15-18-13-19(29-3)22(31-5)20(14-18)30-4/h8-9,12-14H,6-7,10-11,15H2,1-5H3,(H,25,26). The monoisotopic (exact) mass is 461 g/mol. The number of amides is 1. The summed E-state index contributed by atoms with van der Waals surface area (Å²) < 4.78 is 42.1. The molecule has 0 radical (unpaired) electrons. The molecule has 0 unspecified atom stereocenters. The number of sulfone groups is 1. The summed E-state index contributed by atoms with van der Waals surface area (Å²) in [5.74, 6) is 0.920. The molecule has 0 atom stereocenters. The van der Waals surface area contributed by atoms with Crippen molar-refractivity contribution in [3.05, 3.63) is 47.0 Å². The summed E-state index contributed by atoms with van der Waals surface area (Å²) in [5, 5.41) is 2.86. The number of rotatable bonds is 8. The average Bonchev–Trinajstić information content (AvgIpc) is 3.30. The second-order valence-electron chi connectivity index (χ2n) is 8.19. The minimum absolute atomic E-state index is 0.139. The molecule has 1 aliphatic carbocycles. The van der Waals surface area contributed by atoms with E-state index in [-0.39, 0.29) is 11.4 Å². The molecule has 1 saturated carbocycles. The van der Waals surface area contributed by atoms with Gasteiger partial charge in [0.25, 0.3) is 0 Å². The molecule has 1 aliphatic rings. The lowest BCUT2D eigenvalue weighted by Gasteiger charge is -2.28. The van der Waals surface area contributed by atoms with E-state index in [1.165, 1.54) is 21.3 Å². The van der Waals surface area contributed by atoms with Gasteiger partial charge in [0, 0.05) is 6.54 Å². The molecule has 3 rings (SSSR count). The Morgan fingerprint density at radius 1 is 0.969 bits per heavy atom. The molecule has 1 fully saturated rings. The zero-order valence-corrected chi connectivity index (χ0v) is 20.1. The van der Waals surface area contributed by atoms with Crippen molar-refractivity contribution in [1.29, 1.82) is 0 Å². The van der Waals surface area contributed by atoms with Gasteiger partial charge in [0.1, 0.15) is 0 Å². The summed E-state index contributed by atoms with van der Waals surface area (Å²) in [7, 11) is 0.678. The lowest BCUT2D eigenvalue weighted by atomic mass is 10.1. The van der Waals surface area contributed by atoms with Crippen molar-refractivity contribution in [1.82, 2.24) is 5.32 Å². The Balaban J connectivity index is 1.92. The number of ether oxygens (including phenoxy) is 3. The summed E-state index contributed by atoms with van der Waals surface area (Å²) in [4.78, 5) is 13.6. The first-order chi connectivity index (χ1) is 15.2. The van der Waals surface area contributed by atoms with Crippen molar-refractivity contribution in [2.24, 2.45) is 0 Å². The van der Waals surface area contributed by atoms with Crippen molar-refractivity contribution >= 4 is 15.7 Å². The van der Waals surface area contributed by atoms with Crippen LogP contribution in [-0.4, -0.2) is 40.4 Å². The number of methoxy groups -OCH3 is 3. The summed E-state index contributed by atoms with van der Waals surface area (Å²) in [6.07, 6.45) is 2.01. The highest BCUT2D eigenvalue weighted by atomic mass is 32.2. The molecule has 0 bridgehead atoms. The predicted molar refractivity (Wildman–Crippen MR) is 122 cm³/mol. The van der Waals surface area contributed by atoms with Crippen LogP contribution in [0.2, 0.25) is 0 Å². The molecule has 1 amide bonds. The highest BCUT2D eigenvalue weighted by Gasteiger charge is 2.53. The van der Waals surface area contributed by atoms with Gasteiger partial charge in [-0.1, -0.05) is 25.0 Å². The third kappa shape index (κ3) is 4.16. The average molecular weight is 462 g/mol. The van der Waals surface area contributed by atoms with Crippen LogP contribution in [0.1, 0.15) is 42.4 Å². The van der Waals surface area contributed by atoms with Crippen molar-refractivity contribution in [2.45, 2.75) is 55.7 Å². The lowest BCUT2D eigenvalue weighted by Crippen LogP contribution is -2.50. The maximum absolute atomic E-state index is 13.7. The van der Waals surface area contributed by atoms with E-state index in [2.05, 4.69) is 5.32 Å². The van der Waals surface area contributed by atoms with Crippen molar-refractivity contribution in [3.63, 3.8) is 0 Å². The minimum Gasteiger partial charge on any atom is -0.493 e. The SMILES string of the molecule is COc1cc(CNC(=O)C2(S(=O)(=O)c3cc(C)ccc3C)CCCC2)cc(OC)c1OC. The van der Waals surface area contributed by atoms with Gasteiger partial charge in [-0.15, -0.1) is 0 Å². The number of benzene rings is 2. The molecule has 174 valence electrons. The van der Waals surface area contributed by atoms with Crippen LogP contribution in [0.15, 0.2) is 35.2 Å². The Hall–Kier alpha value is -2.74. The fraction of sp³-hybridized carbons (Fsp3) is 0.458. The number of hydrogen-bond acceptors (Lipinski definition) is 6. The smallest absolute Gasteiger partial charge is 0.242 e. The van der Waals surface area contributed by atoms with E-state index in [1.807, 2.05) is 13.0 Å². The topological polar surface area (TPSA) is 90.9 Å². The van der Waals surface area contributed by atoms with Gasteiger partial charge in [0.2, 0.25) is 11.7 Å². The molecule has 0 aliphatic heterocycles. The number of nitrogens with one attached hydrogen (secondary N) is 1. The van der Waals surface area contributed by atoms with Crippen molar-refractivity contribution < 1.29 is 27.4 Å². The maximum Gasteiger partial charge on any atom is 0.242 e. The Kier molecular flexibility index (Phi) is 7.03. The quantitative estimate of drug-likeness (QED) is 0.644. The van der Waals surface area contributed by atoms with Crippen LogP contribution >= 0.6 is 0 Å². The largest absolute Gasteiger partial charge is 0.493 e. The van der Waals surface area contributed by atoms with E-state index < -0.39 is 20.5 Å². The molecular formula is C24H31NO6S. The molecule has 0 spiro atoms. The second-order valence-corrected chi connectivity index (χ2v) is 10.4. The third-order valence-corrected chi connectivity index (χ3v) is 8.79. The summed E-state index contributed by atoms with van der Waals surface area (Å²) in [5.41, 5.74) is 2.21. The molecule has 0 heterocycles. The van der Waals surface area contributed by atoms with Crippen LogP contribution < -0.4 is 19.5 Å².